The van der Waals surface area contributed by atoms with E-state index in [2.05, 4.69) is 4.98 Å². The number of nitrogens with two attached hydrogens (primary N) is 1. The number of aromatic nitrogens is 1. The van der Waals surface area contributed by atoms with E-state index >= 15 is 0 Å². The van der Waals surface area contributed by atoms with E-state index in [9.17, 15) is 9.59 Å². The van der Waals surface area contributed by atoms with Crippen LogP contribution in [0.15, 0.2) is 29.1 Å². The molecule has 0 bridgehead atoms. The van der Waals surface area contributed by atoms with Crippen molar-refractivity contribution in [2.75, 3.05) is 5.73 Å². The molecule has 4 N–H and O–H groups in total. The SMILES string of the molecule is Nc1cccc2cc(C(=O)O)c(=O)[nH]c12. The van der Waals surface area contributed by atoms with Crippen LogP contribution in [0.3, 0.4) is 0 Å². The number of carbonyl (C=O) groups is 1. The number of hydrogen-bond acceptors (Lipinski definition) is 3. The molecule has 76 valence electrons. The normalized spacial score (nSPS) is 10.4. The summed E-state index contributed by atoms with van der Waals surface area (Å²) < 4.78 is 0. The van der Waals surface area contributed by atoms with Crippen LogP contribution in [0.5, 0.6) is 0 Å². The van der Waals surface area contributed by atoms with E-state index in [0.29, 0.717) is 16.6 Å². The second-order valence-corrected chi connectivity index (χ2v) is 3.13. The van der Waals surface area contributed by atoms with Crippen LogP contribution in [-0.4, -0.2) is 16.1 Å². The molecule has 0 aliphatic carbocycles. The van der Waals surface area contributed by atoms with Gasteiger partial charge in [-0.05, 0) is 12.1 Å². The van der Waals surface area contributed by atoms with Gasteiger partial charge in [-0.3, -0.25) is 4.79 Å². The van der Waals surface area contributed by atoms with Crippen molar-refractivity contribution in [3.63, 3.8) is 0 Å². The molecule has 0 saturated carbocycles. The van der Waals surface area contributed by atoms with Gasteiger partial charge in [0.1, 0.15) is 5.56 Å². The van der Waals surface area contributed by atoms with Crippen LogP contribution in [0.1, 0.15) is 10.4 Å². The summed E-state index contributed by atoms with van der Waals surface area (Å²) in [5.74, 6) is -1.25. The van der Waals surface area contributed by atoms with Gasteiger partial charge in [-0.2, -0.15) is 0 Å². The Morgan fingerprint density at radius 2 is 2.13 bits per heavy atom. The Kier molecular flexibility index (Phi) is 1.93. The zero-order valence-electron chi connectivity index (χ0n) is 7.65. The number of H-pyrrole nitrogens is 1. The summed E-state index contributed by atoms with van der Waals surface area (Å²) in [5.41, 5.74) is 5.59. The summed E-state index contributed by atoms with van der Waals surface area (Å²) in [6, 6.07) is 6.33. The van der Waals surface area contributed by atoms with Gasteiger partial charge in [0.15, 0.2) is 0 Å². The van der Waals surface area contributed by atoms with Crippen LogP contribution < -0.4 is 11.3 Å². The number of carboxylic acid groups (broad SMARTS) is 1. The Balaban J connectivity index is 2.88. The second kappa shape index (κ2) is 3.13. The lowest BCUT2D eigenvalue weighted by Crippen LogP contribution is -2.17. The fourth-order valence-electron chi connectivity index (χ4n) is 1.41. The van der Waals surface area contributed by atoms with E-state index in [-0.39, 0.29) is 5.56 Å². The third-order valence-electron chi connectivity index (χ3n) is 2.14. The first kappa shape index (κ1) is 9.26. The van der Waals surface area contributed by atoms with Gasteiger partial charge in [0.2, 0.25) is 0 Å². The number of nitrogen functional groups attached to an aromatic ring is 1. The zero-order chi connectivity index (χ0) is 11.0. The number of pyridine rings is 1. The summed E-state index contributed by atoms with van der Waals surface area (Å²) in [6.45, 7) is 0. The van der Waals surface area contributed by atoms with Crippen molar-refractivity contribution >= 4 is 22.6 Å². The second-order valence-electron chi connectivity index (χ2n) is 3.13. The maximum absolute atomic E-state index is 11.3. The molecule has 2 rings (SSSR count). The lowest BCUT2D eigenvalue weighted by atomic mass is 10.1. The maximum atomic E-state index is 11.3. The number of aromatic carboxylic acids is 1. The smallest absolute Gasteiger partial charge is 0.341 e. The van der Waals surface area contributed by atoms with Crippen molar-refractivity contribution in [2.24, 2.45) is 0 Å². The van der Waals surface area contributed by atoms with Crippen molar-refractivity contribution < 1.29 is 9.90 Å². The van der Waals surface area contributed by atoms with Crippen LogP contribution in [0, 0.1) is 0 Å². The van der Waals surface area contributed by atoms with E-state index < -0.39 is 11.5 Å². The maximum Gasteiger partial charge on any atom is 0.341 e. The van der Waals surface area contributed by atoms with Crippen LogP contribution in [-0.2, 0) is 0 Å². The Labute approximate surface area is 84.2 Å². The first-order chi connectivity index (χ1) is 7.09. The molecule has 0 unspecified atom stereocenters. The highest BCUT2D eigenvalue weighted by Crippen LogP contribution is 2.17. The molecule has 5 heteroatoms. The van der Waals surface area contributed by atoms with E-state index in [1.165, 1.54) is 6.07 Å². The van der Waals surface area contributed by atoms with Crippen molar-refractivity contribution in [1.82, 2.24) is 4.98 Å². The molecule has 0 radical (unpaired) electrons. The molecule has 1 aromatic carbocycles. The average molecular weight is 204 g/mol. The molecule has 0 aliphatic heterocycles. The molecule has 0 spiro atoms. The summed E-state index contributed by atoms with van der Waals surface area (Å²) in [5, 5.41) is 9.35. The summed E-state index contributed by atoms with van der Waals surface area (Å²) in [4.78, 5) is 24.5. The van der Waals surface area contributed by atoms with E-state index in [1.54, 1.807) is 18.2 Å². The van der Waals surface area contributed by atoms with E-state index in [4.69, 9.17) is 10.8 Å². The Morgan fingerprint density at radius 1 is 1.40 bits per heavy atom. The lowest BCUT2D eigenvalue weighted by molar-refractivity contribution is 0.0695. The van der Waals surface area contributed by atoms with Gasteiger partial charge in [-0.25, -0.2) is 4.79 Å². The minimum atomic E-state index is -1.25. The van der Waals surface area contributed by atoms with E-state index in [0.717, 1.165) is 0 Å². The Bertz CT molecular complexity index is 601. The third-order valence-corrected chi connectivity index (χ3v) is 2.14. The first-order valence-electron chi connectivity index (χ1n) is 4.24. The van der Waals surface area contributed by atoms with Gasteiger partial charge in [-0.1, -0.05) is 12.1 Å². The Morgan fingerprint density at radius 3 is 2.80 bits per heavy atom. The highest BCUT2D eigenvalue weighted by Gasteiger charge is 2.10. The largest absolute Gasteiger partial charge is 0.477 e. The molecule has 0 saturated heterocycles. The number of fused-ring (bicyclic) bond motifs is 1. The van der Waals surface area contributed by atoms with Crippen LogP contribution in [0.2, 0.25) is 0 Å². The van der Waals surface area contributed by atoms with Crippen molar-refractivity contribution in [3.8, 4) is 0 Å². The number of benzene rings is 1. The molecule has 15 heavy (non-hydrogen) atoms. The number of para-hydroxylation sites is 1. The number of carboxylic acids is 1. The molecule has 2 aromatic rings. The number of anilines is 1. The summed E-state index contributed by atoms with van der Waals surface area (Å²) >= 11 is 0. The fourth-order valence-corrected chi connectivity index (χ4v) is 1.41. The minimum Gasteiger partial charge on any atom is -0.477 e. The third kappa shape index (κ3) is 1.43. The molecular weight excluding hydrogens is 196 g/mol. The first-order valence-corrected chi connectivity index (χ1v) is 4.24. The molecule has 0 aliphatic rings. The van der Waals surface area contributed by atoms with Gasteiger partial charge in [-0.15, -0.1) is 0 Å². The molecule has 5 nitrogen and oxygen atoms in total. The zero-order valence-corrected chi connectivity index (χ0v) is 7.65. The number of rotatable bonds is 1. The predicted molar refractivity (Wildman–Crippen MR) is 55.9 cm³/mol. The molecular formula is C10H8N2O3. The molecule has 0 atom stereocenters. The molecule has 0 fully saturated rings. The molecule has 1 aromatic heterocycles. The number of nitrogens with one attached hydrogen (secondary N) is 1. The van der Waals surface area contributed by atoms with Crippen molar-refractivity contribution in [2.45, 2.75) is 0 Å². The average Bonchev–Trinajstić information content (AvgIpc) is 2.18. The van der Waals surface area contributed by atoms with Crippen LogP contribution in [0.25, 0.3) is 10.9 Å². The monoisotopic (exact) mass is 204 g/mol. The summed E-state index contributed by atoms with van der Waals surface area (Å²) in [6.07, 6.45) is 0. The van der Waals surface area contributed by atoms with Gasteiger partial charge >= 0.3 is 5.97 Å². The van der Waals surface area contributed by atoms with Gasteiger partial charge in [0.25, 0.3) is 5.56 Å². The van der Waals surface area contributed by atoms with Crippen LogP contribution >= 0.6 is 0 Å². The lowest BCUT2D eigenvalue weighted by Gasteiger charge is -2.02. The number of hydrogen-bond donors (Lipinski definition) is 3. The van der Waals surface area contributed by atoms with Gasteiger partial charge < -0.3 is 15.8 Å². The van der Waals surface area contributed by atoms with Crippen LogP contribution in [0.4, 0.5) is 5.69 Å². The Hall–Kier alpha value is -2.30. The van der Waals surface area contributed by atoms with Gasteiger partial charge in [0.05, 0.1) is 11.2 Å². The topological polar surface area (TPSA) is 96.2 Å². The minimum absolute atomic E-state index is 0.284. The highest BCUT2D eigenvalue weighted by molar-refractivity contribution is 5.95. The fraction of sp³-hybridized carbons (Fsp3) is 0. The van der Waals surface area contributed by atoms with Gasteiger partial charge in [0, 0.05) is 5.39 Å². The molecule has 1 heterocycles. The van der Waals surface area contributed by atoms with Crippen molar-refractivity contribution in [3.05, 3.63) is 40.2 Å². The standard InChI is InChI=1S/C10H8N2O3/c11-7-3-1-2-5-4-6(10(14)15)9(13)12-8(5)7/h1-4H,11H2,(H,12,13)(H,14,15). The predicted octanol–water partition coefficient (Wildman–Crippen LogP) is 0.808. The van der Waals surface area contributed by atoms with Crippen molar-refractivity contribution in [1.29, 1.82) is 0 Å². The molecule has 0 amide bonds. The number of aromatic amines is 1. The van der Waals surface area contributed by atoms with E-state index in [1.807, 2.05) is 0 Å². The highest BCUT2D eigenvalue weighted by atomic mass is 16.4. The quantitative estimate of drug-likeness (QED) is 0.599. The summed E-state index contributed by atoms with van der Waals surface area (Å²) in [7, 11) is 0.